The van der Waals surface area contributed by atoms with Gasteiger partial charge in [0.2, 0.25) is 0 Å². The van der Waals surface area contributed by atoms with Crippen molar-refractivity contribution in [3.63, 3.8) is 0 Å². The molecule has 3 aromatic rings. The van der Waals surface area contributed by atoms with Gasteiger partial charge in [-0.05, 0) is 50.2 Å². The third-order valence-corrected chi connectivity index (χ3v) is 4.84. The molecule has 0 bridgehead atoms. The molecule has 6 heteroatoms. The molecule has 1 heterocycles. The van der Waals surface area contributed by atoms with Gasteiger partial charge in [-0.1, -0.05) is 35.3 Å². The minimum absolute atomic E-state index is 0.252. The smallest absolute Gasteiger partial charge is 0.337 e. The zero-order chi connectivity index (χ0) is 18.8. The SMILES string of the molecule is Cc1cc(C=Nc2ccc(Cl)c(Cl)c2)c(C)n1-c1ccccc1C(=O)O. The van der Waals surface area contributed by atoms with Crippen LogP contribution in [0.25, 0.3) is 5.69 Å². The highest BCUT2D eigenvalue weighted by Gasteiger charge is 2.15. The molecule has 0 radical (unpaired) electrons. The Morgan fingerprint density at radius 3 is 2.50 bits per heavy atom. The summed E-state index contributed by atoms with van der Waals surface area (Å²) in [6, 6.07) is 14.1. The summed E-state index contributed by atoms with van der Waals surface area (Å²) in [4.78, 5) is 16.0. The number of carboxylic acids is 1. The maximum Gasteiger partial charge on any atom is 0.337 e. The van der Waals surface area contributed by atoms with Crippen LogP contribution in [0, 0.1) is 13.8 Å². The Labute approximate surface area is 161 Å². The number of aromatic nitrogens is 1. The van der Waals surface area contributed by atoms with E-state index >= 15 is 0 Å². The van der Waals surface area contributed by atoms with E-state index in [2.05, 4.69) is 4.99 Å². The zero-order valence-corrected chi connectivity index (χ0v) is 15.7. The summed E-state index contributed by atoms with van der Waals surface area (Å²) in [7, 11) is 0. The molecule has 0 atom stereocenters. The lowest BCUT2D eigenvalue weighted by Crippen LogP contribution is -2.07. The summed E-state index contributed by atoms with van der Waals surface area (Å²) in [5, 5.41) is 10.4. The molecule has 0 unspecified atom stereocenters. The van der Waals surface area contributed by atoms with Gasteiger partial charge in [0.25, 0.3) is 0 Å². The van der Waals surface area contributed by atoms with Crippen LogP contribution in [0.3, 0.4) is 0 Å². The third kappa shape index (κ3) is 3.52. The molecule has 0 fully saturated rings. The van der Waals surface area contributed by atoms with Gasteiger partial charge in [-0.15, -0.1) is 0 Å². The first-order valence-electron chi connectivity index (χ1n) is 7.89. The Morgan fingerprint density at radius 1 is 1.08 bits per heavy atom. The summed E-state index contributed by atoms with van der Waals surface area (Å²) >= 11 is 11.9. The van der Waals surface area contributed by atoms with E-state index in [-0.39, 0.29) is 5.56 Å². The Morgan fingerprint density at radius 2 is 1.81 bits per heavy atom. The minimum atomic E-state index is -0.959. The fourth-order valence-electron chi connectivity index (χ4n) is 2.85. The number of hydrogen-bond donors (Lipinski definition) is 1. The number of para-hydroxylation sites is 1. The Bertz CT molecular complexity index is 1020. The molecule has 132 valence electrons. The van der Waals surface area contributed by atoms with Crippen LogP contribution < -0.4 is 0 Å². The van der Waals surface area contributed by atoms with Gasteiger partial charge < -0.3 is 9.67 Å². The number of halogens is 2. The molecular weight excluding hydrogens is 371 g/mol. The van der Waals surface area contributed by atoms with Gasteiger partial charge >= 0.3 is 5.97 Å². The maximum absolute atomic E-state index is 11.5. The van der Waals surface area contributed by atoms with Crippen molar-refractivity contribution < 1.29 is 9.90 Å². The van der Waals surface area contributed by atoms with Crippen LogP contribution in [-0.4, -0.2) is 21.9 Å². The normalized spacial score (nSPS) is 11.2. The molecule has 1 aromatic heterocycles. The van der Waals surface area contributed by atoms with Crippen molar-refractivity contribution in [2.75, 3.05) is 0 Å². The summed E-state index contributed by atoms with van der Waals surface area (Å²) in [5.74, 6) is -0.959. The predicted octanol–water partition coefficient (Wildman–Crippen LogP) is 5.85. The fraction of sp³-hybridized carbons (Fsp3) is 0.100. The van der Waals surface area contributed by atoms with Crippen LogP contribution in [0.4, 0.5) is 5.69 Å². The molecule has 0 saturated carbocycles. The summed E-state index contributed by atoms with van der Waals surface area (Å²) in [6.45, 7) is 3.87. The lowest BCUT2D eigenvalue weighted by atomic mass is 10.1. The Balaban J connectivity index is 2.03. The maximum atomic E-state index is 11.5. The molecule has 0 aliphatic heterocycles. The molecule has 3 rings (SSSR count). The van der Waals surface area contributed by atoms with Gasteiger partial charge in [-0.25, -0.2) is 4.79 Å². The van der Waals surface area contributed by atoms with E-state index in [1.165, 1.54) is 0 Å². The highest BCUT2D eigenvalue weighted by Crippen LogP contribution is 2.27. The number of rotatable bonds is 4. The Hall–Kier alpha value is -2.56. The van der Waals surface area contributed by atoms with E-state index in [0.29, 0.717) is 21.4 Å². The van der Waals surface area contributed by atoms with Gasteiger partial charge in [-0.2, -0.15) is 0 Å². The molecule has 1 N–H and O–H groups in total. The molecule has 0 amide bonds. The molecule has 0 aliphatic carbocycles. The quantitative estimate of drug-likeness (QED) is 0.571. The molecular formula is C20H16Cl2N2O2. The van der Waals surface area contributed by atoms with E-state index < -0.39 is 5.97 Å². The van der Waals surface area contributed by atoms with Crippen molar-refractivity contribution in [3.8, 4) is 5.69 Å². The van der Waals surface area contributed by atoms with Gasteiger partial charge in [0, 0.05) is 23.2 Å². The number of carbonyl (C=O) groups is 1. The topological polar surface area (TPSA) is 54.6 Å². The van der Waals surface area contributed by atoms with Gasteiger partial charge in [0.15, 0.2) is 0 Å². The first-order chi connectivity index (χ1) is 12.4. The van der Waals surface area contributed by atoms with Crippen molar-refractivity contribution in [1.29, 1.82) is 0 Å². The van der Waals surface area contributed by atoms with Crippen LogP contribution in [0.1, 0.15) is 27.3 Å². The number of hydrogen-bond acceptors (Lipinski definition) is 2. The summed E-state index contributed by atoms with van der Waals surface area (Å²) in [5.41, 5.74) is 4.29. The van der Waals surface area contributed by atoms with Crippen molar-refractivity contribution in [1.82, 2.24) is 4.57 Å². The second-order valence-electron chi connectivity index (χ2n) is 5.84. The van der Waals surface area contributed by atoms with Crippen LogP contribution >= 0.6 is 23.2 Å². The van der Waals surface area contributed by atoms with Gasteiger partial charge in [0.1, 0.15) is 0 Å². The molecule has 26 heavy (non-hydrogen) atoms. The fourth-order valence-corrected chi connectivity index (χ4v) is 3.14. The molecule has 0 aliphatic rings. The van der Waals surface area contributed by atoms with E-state index in [1.807, 2.05) is 30.5 Å². The lowest BCUT2D eigenvalue weighted by Gasteiger charge is -2.12. The van der Waals surface area contributed by atoms with Crippen molar-refractivity contribution in [2.45, 2.75) is 13.8 Å². The van der Waals surface area contributed by atoms with Gasteiger partial charge in [-0.3, -0.25) is 4.99 Å². The van der Waals surface area contributed by atoms with Gasteiger partial charge in [0.05, 0.1) is 27.0 Å². The molecule has 0 saturated heterocycles. The molecule has 4 nitrogen and oxygen atoms in total. The van der Waals surface area contributed by atoms with Crippen molar-refractivity contribution in [2.24, 2.45) is 4.99 Å². The van der Waals surface area contributed by atoms with Crippen LogP contribution in [0.2, 0.25) is 10.0 Å². The standard InChI is InChI=1S/C20H16Cl2N2O2/c1-12-9-14(11-23-15-7-8-17(21)18(22)10-15)13(2)24(12)19-6-4-3-5-16(19)20(25)26/h3-11H,1-2H3,(H,25,26). The summed E-state index contributed by atoms with van der Waals surface area (Å²) < 4.78 is 1.92. The number of benzene rings is 2. The lowest BCUT2D eigenvalue weighted by molar-refractivity contribution is 0.0697. The van der Waals surface area contributed by atoms with Crippen LogP contribution in [0.15, 0.2) is 53.5 Å². The average molecular weight is 387 g/mol. The number of aliphatic imine (C=N–C) groups is 1. The average Bonchev–Trinajstić information content (AvgIpc) is 2.89. The zero-order valence-electron chi connectivity index (χ0n) is 14.2. The Kier molecular flexibility index (Phi) is 5.16. The highest BCUT2D eigenvalue weighted by molar-refractivity contribution is 6.42. The minimum Gasteiger partial charge on any atom is -0.478 e. The monoisotopic (exact) mass is 386 g/mol. The van der Waals surface area contributed by atoms with Crippen LogP contribution in [-0.2, 0) is 0 Å². The number of carboxylic acid groups (broad SMARTS) is 1. The van der Waals surface area contributed by atoms with Crippen LogP contribution in [0.5, 0.6) is 0 Å². The van der Waals surface area contributed by atoms with Crippen molar-refractivity contribution >= 4 is 41.1 Å². The second kappa shape index (κ2) is 7.36. The predicted molar refractivity (Wildman–Crippen MR) is 106 cm³/mol. The number of aromatic carboxylic acids is 1. The van der Waals surface area contributed by atoms with E-state index in [4.69, 9.17) is 23.2 Å². The van der Waals surface area contributed by atoms with E-state index in [0.717, 1.165) is 17.0 Å². The van der Waals surface area contributed by atoms with Crippen molar-refractivity contribution in [3.05, 3.63) is 81.1 Å². The van der Waals surface area contributed by atoms with E-state index in [1.54, 1.807) is 42.6 Å². The molecule has 2 aromatic carbocycles. The summed E-state index contributed by atoms with van der Waals surface area (Å²) in [6.07, 6.45) is 1.74. The van der Waals surface area contributed by atoms with E-state index in [9.17, 15) is 9.90 Å². The first kappa shape index (κ1) is 18.2. The second-order valence-corrected chi connectivity index (χ2v) is 6.66. The number of aryl methyl sites for hydroxylation is 1. The highest BCUT2D eigenvalue weighted by atomic mass is 35.5. The third-order valence-electron chi connectivity index (χ3n) is 4.10. The first-order valence-corrected chi connectivity index (χ1v) is 8.65. The largest absolute Gasteiger partial charge is 0.478 e. The molecule has 0 spiro atoms. The number of nitrogens with zero attached hydrogens (tertiary/aromatic N) is 2.